The van der Waals surface area contributed by atoms with Gasteiger partial charge in [0.25, 0.3) is 0 Å². The molecule has 0 amide bonds. The molecule has 1 aromatic carbocycles. The summed E-state index contributed by atoms with van der Waals surface area (Å²) in [7, 11) is 1.69. The number of ether oxygens (including phenoxy) is 2. The number of aromatic hydroxyl groups is 1. The zero-order valence-electron chi connectivity index (χ0n) is 20.0. The maximum absolute atomic E-state index is 10.5. The summed E-state index contributed by atoms with van der Waals surface area (Å²) in [5, 5.41) is 19.9. The maximum atomic E-state index is 10.5. The summed E-state index contributed by atoms with van der Waals surface area (Å²) in [4.78, 5) is 0. The molecule has 1 aromatic rings. The molecule has 0 saturated carbocycles. The van der Waals surface area contributed by atoms with E-state index < -0.39 is 5.79 Å². The molecule has 1 heterocycles. The molecule has 0 aliphatic carbocycles. The van der Waals surface area contributed by atoms with Gasteiger partial charge in [-0.1, -0.05) is 89.7 Å². The first-order valence-electron chi connectivity index (χ1n) is 12.8. The monoisotopic (exact) mass is 434 g/mol. The Balaban J connectivity index is 1.63. The molecule has 31 heavy (non-hydrogen) atoms. The van der Waals surface area contributed by atoms with Crippen molar-refractivity contribution in [2.45, 2.75) is 128 Å². The van der Waals surface area contributed by atoms with Gasteiger partial charge in [0.1, 0.15) is 5.75 Å². The average molecular weight is 435 g/mol. The fraction of sp³-hybridized carbons (Fsp3) is 0.778. The van der Waals surface area contributed by atoms with Gasteiger partial charge in [-0.25, -0.2) is 0 Å². The lowest BCUT2D eigenvalue weighted by molar-refractivity contribution is -0.288. The van der Waals surface area contributed by atoms with Gasteiger partial charge in [0.05, 0.1) is 12.2 Å². The molecule has 0 radical (unpaired) electrons. The van der Waals surface area contributed by atoms with E-state index in [1.807, 2.05) is 12.1 Å². The third kappa shape index (κ3) is 10.4. The Hall–Kier alpha value is -1.10. The highest BCUT2D eigenvalue weighted by molar-refractivity contribution is 5.26. The van der Waals surface area contributed by atoms with Crippen LogP contribution in [0.3, 0.4) is 0 Å². The highest BCUT2D eigenvalue weighted by atomic mass is 16.7. The largest absolute Gasteiger partial charge is 0.508 e. The molecular weight excluding hydrogens is 388 g/mol. The Bertz CT molecular complexity index is 573. The van der Waals surface area contributed by atoms with Crippen LogP contribution in [0.1, 0.15) is 109 Å². The summed E-state index contributed by atoms with van der Waals surface area (Å²) >= 11 is 0. The highest BCUT2D eigenvalue weighted by Gasteiger charge is 2.40. The third-order valence-electron chi connectivity index (χ3n) is 6.70. The van der Waals surface area contributed by atoms with Crippen LogP contribution in [0, 0.1) is 0 Å². The Labute approximate surface area is 190 Å². The quantitative estimate of drug-likeness (QED) is 0.278. The topological polar surface area (TPSA) is 58.9 Å². The Morgan fingerprint density at radius 1 is 0.935 bits per heavy atom. The number of rotatable bonds is 16. The van der Waals surface area contributed by atoms with E-state index in [0.717, 1.165) is 24.8 Å². The van der Waals surface area contributed by atoms with E-state index in [9.17, 15) is 10.2 Å². The van der Waals surface area contributed by atoms with E-state index in [0.29, 0.717) is 19.3 Å². The molecule has 0 bridgehead atoms. The van der Waals surface area contributed by atoms with Gasteiger partial charge >= 0.3 is 0 Å². The summed E-state index contributed by atoms with van der Waals surface area (Å²) in [5.74, 6) is -0.431. The molecule has 1 saturated heterocycles. The van der Waals surface area contributed by atoms with Gasteiger partial charge in [0, 0.05) is 20.0 Å². The molecule has 1 aliphatic rings. The molecule has 2 N–H and O–H groups in total. The number of aliphatic hydroxyl groups is 1. The van der Waals surface area contributed by atoms with E-state index in [-0.39, 0.29) is 18.0 Å². The highest BCUT2D eigenvalue weighted by Crippen LogP contribution is 2.35. The third-order valence-corrected chi connectivity index (χ3v) is 6.70. The number of hydrogen-bond acceptors (Lipinski definition) is 4. The van der Waals surface area contributed by atoms with E-state index in [1.165, 1.54) is 64.2 Å². The predicted molar refractivity (Wildman–Crippen MR) is 127 cm³/mol. The van der Waals surface area contributed by atoms with Crippen LogP contribution in [0.15, 0.2) is 24.3 Å². The van der Waals surface area contributed by atoms with Crippen molar-refractivity contribution in [2.24, 2.45) is 0 Å². The van der Waals surface area contributed by atoms with Gasteiger partial charge in [0.15, 0.2) is 5.79 Å². The van der Waals surface area contributed by atoms with Crippen molar-refractivity contribution in [2.75, 3.05) is 7.11 Å². The van der Waals surface area contributed by atoms with Crippen molar-refractivity contribution >= 4 is 0 Å². The molecule has 1 fully saturated rings. The minimum absolute atomic E-state index is 0.0714. The van der Waals surface area contributed by atoms with E-state index in [2.05, 4.69) is 6.92 Å². The van der Waals surface area contributed by atoms with Crippen LogP contribution in [0.4, 0.5) is 0 Å². The van der Waals surface area contributed by atoms with Gasteiger partial charge < -0.3 is 19.7 Å². The Morgan fingerprint density at radius 2 is 1.52 bits per heavy atom. The van der Waals surface area contributed by atoms with Crippen molar-refractivity contribution in [3.8, 4) is 5.75 Å². The number of benzene rings is 1. The second-order valence-corrected chi connectivity index (χ2v) is 9.44. The lowest BCUT2D eigenvalue weighted by Gasteiger charge is -2.42. The SMILES string of the molecule is CCCCCCCCCCCCC[C@@H]1C[C@H](O)C[C@@](CCc2ccc(O)cc2)(OC)O1. The van der Waals surface area contributed by atoms with Crippen molar-refractivity contribution in [1.82, 2.24) is 0 Å². The Morgan fingerprint density at radius 3 is 2.10 bits per heavy atom. The summed E-state index contributed by atoms with van der Waals surface area (Å²) in [6, 6.07) is 7.28. The molecule has 4 nitrogen and oxygen atoms in total. The minimum atomic E-state index is -0.710. The van der Waals surface area contributed by atoms with E-state index >= 15 is 0 Å². The first-order chi connectivity index (χ1) is 15.1. The number of unbranched alkanes of at least 4 members (excludes halogenated alkanes) is 10. The molecule has 1 aliphatic heterocycles. The molecule has 4 heteroatoms. The van der Waals surface area contributed by atoms with Crippen LogP contribution in [0.5, 0.6) is 5.75 Å². The first kappa shape index (κ1) is 26.2. The molecule has 0 unspecified atom stereocenters. The van der Waals surface area contributed by atoms with Gasteiger partial charge in [-0.15, -0.1) is 0 Å². The molecule has 178 valence electrons. The smallest absolute Gasteiger partial charge is 0.171 e. The van der Waals surface area contributed by atoms with Crippen LogP contribution >= 0.6 is 0 Å². The Kier molecular flexibility index (Phi) is 12.5. The summed E-state index contributed by atoms with van der Waals surface area (Å²) < 4.78 is 12.2. The number of phenols is 1. The number of phenolic OH excluding ortho intramolecular Hbond substituents is 1. The van der Waals surface area contributed by atoms with Crippen LogP contribution in [-0.2, 0) is 15.9 Å². The number of hydrogen-bond donors (Lipinski definition) is 2. The van der Waals surface area contributed by atoms with Gasteiger partial charge in [-0.3, -0.25) is 0 Å². The molecule has 2 rings (SSSR count). The lowest BCUT2D eigenvalue weighted by atomic mass is 9.91. The first-order valence-corrected chi connectivity index (χ1v) is 12.8. The number of aryl methyl sites for hydroxylation is 1. The lowest BCUT2D eigenvalue weighted by Crippen LogP contribution is -2.47. The van der Waals surface area contributed by atoms with E-state index in [4.69, 9.17) is 9.47 Å². The molecule has 0 spiro atoms. The second kappa shape index (κ2) is 14.9. The molecule has 3 atom stereocenters. The predicted octanol–water partition coefficient (Wildman–Crippen LogP) is 6.91. The van der Waals surface area contributed by atoms with Crippen LogP contribution in [0.2, 0.25) is 0 Å². The van der Waals surface area contributed by atoms with Crippen molar-refractivity contribution in [3.63, 3.8) is 0 Å². The number of methoxy groups -OCH3 is 1. The van der Waals surface area contributed by atoms with Gasteiger partial charge in [0.2, 0.25) is 0 Å². The zero-order chi connectivity index (χ0) is 22.4. The fourth-order valence-electron chi connectivity index (χ4n) is 4.75. The summed E-state index contributed by atoms with van der Waals surface area (Å²) in [6.45, 7) is 2.27. The normalized spacial score (nSPS) is 23.8. The fourth-order valence-corrected chi connectivity index (χ4v) is 4.75. The number of aliphatic hydroxyl groups excluding tert-OH is 1. The molecular formula is C27H46O4. The van der Waals surface area contributed by atoms with Crippen molar-refractivity contribution < 1.29 is 19.7 Å². The minimum Gasteiger partial charge on any atom is -0.508 e. The zero-order valence-corrected chi connectivity index (χ0v) is 20.0. The summed E-state index contributed by atoms with van der Waals surface area (Å²) in [5.41, 5.74) is 1.14. The van der Waals surface area contributed by atoms with E-state index in [1.54, 1.807) is 19.2 Å². The van der Waals surface area contributed by atoms with Crippen molar-refractivity contribution in [3.05, 3.63) is 29.8 Å². The maximum Gasteiger partial charge on any atom is 0.171 e. The van der Waals surface area contributed by atoms with Gasteiger partial charge in [-0.05, 0) is 37.0 Å². The molecule has 0 aromatic heterocycles. The standard InChI is InChI=1S/C27H46O4/c1-3-4-5-6-7-8-9-10-11-12-13-14-26-21-25(29)22-27(30-2,31-26)20-19-23-15-17-24(28)18-16-23/h15-18,25-26,28-29H,3-14,19-22H2,1-2H3/t25-,26+,27-/m0/s1. The van der Waals surface area contributed by atoms with Crippen LogP contribution in [0.25, 0.3) is 0 Å². The summed E-state index contributed by atoms with van der Waals surface area (Å²) in [6.07, 6.45) is 18.2. The van der Waals surface area contributed by atoms with Crippen LogP contribution < -0.4 is 0 Å². The van der Waals surface area contributed by atoms with Gasteiger partial charge in [-0.2, -0.15) is 0 Å². The van der Waals surface area contributed by atoms with Crippen molar-refractivity contribution in [1.29, 1.82) is 0 Å². The average Bonchev–Trinajstić information content (AvgIpc) is 2.77. The van der Waals surface area contributed by atoms with Crippen LogP contribution in [-0.4, -0.2) is 35.3 Å². The second-order valence-electron chi connectivity index (χ2n) is 9.44.